The summed E-state index contributed by atoms with van der Waals surface area (Å²) in [5.41, 5.74) is 4.32. The van der Waals surface area contributed by atoms with Crippen LogP contribution in [0.25, 0.3) is 5.69 Å². The maximum absolute atomic E-state index is 13.0. The Morgan fingerprint density at radius 1 is 0.871 bits per heavy atom. The molecule has 0 saturated carbocycles. The van der Waals surface area contributed by atoms with Gasteiger partial charge in [-0.25, -0.2) is 0 Å². The Balaban J connectivity index is 1.33. The molecular weight excluding hydrogens is 392 g/mol. The summed E-state index contributed by atoms with van der Waals surface area (Å²) < 4.78 is 1.44. The van der Waals surface area contributed by atoms with Crippen molar-refractivity contribution in [3.05, 3.63) is 95.8 Å². The summed E-state index contributed by atoms with van der Waals surface area (Å²) in [4.78, 5) is 27.6. The largest absolute Gasteiger partial charge is 0.322 e. The molecule has 0 radical (unpaired) electrons. The highest BCUT2D eigenvalue weighted by molar-refractivity contribution is 6.09. The molecule has 2 heterocycles. The van der Waals surface area contributed by atoms with Crippen LogP contribution in [-0.4, -0.2) is 38.6 Å². The minimum atomic E-state index is -0.293. The van der Waals surface area contributed by atoms with Crippen molar-refractivity contribution in [3.63, 3.8) is 0 Å². The monoisotopic (exact) mass is 410 g/mol. The first kappa shape index (κ1) is 18.7. The van der Waals surface area contributed by atoms with Gasteiger partial charge in [-0.3, -0.25) is 9.59 Å². The van der Waals surface area contributed by atoms with E-state index in [1.165, 1.54) is 16.6 Å². The van der Waals surface area contributed by atoms with Gasteiger partial charge in [-0.05, 0) is 64.9 Å². The fourth-order valence-electron chi connectivity index (χ4n) is 3.74. The van der Waals surface area contributed by atoms with Crippen LogP contribution in [0, 0.1) is 0 Å². The van der Waals surface area contributed by atoms with E-state index in [1.54, 1.807) is 47.4 Å². The van der Waals surface area contributed by atoms with E-state index in [4.69, 9.17) is 0 Å². The Hall–Kier alpha value is -4.33. The van der Waals surface area contributed by atoms with Gasteiger partial charge in [0.2, 0.25) is 0 Å². The molecular formula is C23H18N6O2. The molecule has 0 spiro atoms. The number of nitrogens with zero attached hydrogens (tertiary/aromatic N) is 5. The van der Waals surface area contributed by atoms with Gasteiger partial charge in [0.25, 0.3) is 11.8 Å². The molecule has 1 N–H and O–H groups in total. The van der Waals surface area contributed by atoms with Crippen molar-refractivity contribution in [1.29, 1.82) is 0 Å². The summed E-state index contributed by atoms with van der Waals surface area (Å²) in [7, 11) is 0. The Kier molecular flexibility index (Phi) is 4.72. The normalized spacial score (nSPS) is 12.5. The van der Waals surface area contributed by atoms with E-state index in [1.807, 2.05) is 24.3 Å². The first-order chi connectivity index (χ1) is 15.2. The predicted molar refractivity (Wildman–Crippen MR) is 115 cm³/mol. The van der Waals surface area contributed by atoms with Crippen LogP contribution < -0.4 is 10.2 Å². The van der Waals surface area contributed by atoms with E-state index >= 15 is 0 Å². The Morgan fingerprint density at radius 2 is 1.61 bits per heavy atom. The second kappa shape index (κ2) is 7.83. The van der Waals surface area contributed by atoms with Crippen molar-refractivity contribution in [2.45, 2.75) is 6.42 Å². The van der Waals surface area contributed by atoms with Crippen molar-refractivity contribution < 1.29 is 9.59 Å². The summed E-state index contributed by atoms with van der Waals surface area (Å²) in [6.07, 6.45) is 2.29. The second-order valence-corrected chi connectivity index (χ2v) is 7.14. The van der Waals surface area contributed by atoms with Crippen LogP contribution in [0.5, 0.6) is 0 Å². The molecule has 0 unspecified atom stereocenters. The fourth-order valence-corrected chi connectivity index (χ4v) is 3.74. The first-order valence-electron chi connectivity index (χ1n) is 9.84. The number of nitrogens with one attached hydrogen (secondary N) is 1. The average molecular weight is 410 g/mol. The number of hydrogen-bond acceptors (Lipinski definition) is 5. The minimum absolute atomic E-state index is 0.0492. The molecule has 0 bridgehead atoms. The van der Waals surface area contributed by atoms with Crippen LogP contribution in [-0.2, 0) is 6.42 Å². The van der Waals surface area contributed by atoms with Gasteiger partial charge in [-0.1, -0.05) is 30.3 Å². The highest BCUT2D eigenvalue weighted by Gasteiger charge is 2.25. The topological polar surface area (TPSA) is 93.0 Å². The van der Waals surface area contributed by atoms with E-state index in [0.29, 0.717) is 29.0 Å². The number of anilines is 2. The smallest absolute Gasteiger partial charge is 0.258 e. The minimum Gasteiger partial charge on any atom is -0.322 e. The standard InChI is InChI=1S/C23H18N6O2/c30-22(19-6-2-4-8-21(19)29-15-24-26-27-29)25-18-11-9-17(10-12-18)23(31)28-14-13-16-5-1-3-7-20(16)28/h1-12,15H,13-14H2,(H,25,30). The quantitative estimate of drug-likeness (QED) is 0.558. The predicted octanol–water partition coefficient (Wildman–Crippen LogP) is 3.12. The van der Waals surface area contributed by atoms with E-state index in [-0.39, 0.29) is 11.8 Å². The van der Waals surface area contributed by atoms with Gasteiger partial charge in [0.05, 0.1) is 11.3 Å². The third kappa shape index (κ3) is 3.55. The zero-order valence-corrected chi connectivity index (χ0v) is 16.5. The zero-order valence-electron chi connectivity index (χ0n) is 16.5. The molecule has 152 valence electrons. The Labute approximate surface area is 178 Å². The van der Waals surface area contributed by atoms with Crippen LogP contribution in [0.4, 0.5) is 11.4 Å². The molecule has 1 aliphatic heterocycles. The third-order valence-corrected chi connectivity index (χ3v) is 5.27. The van der Waals surface area contributed by atoms with Gasteiger partial charge in [-0.2, -0.15) is 4.68 Å². The highest BCUT2D eigenvalue weighted by Crippen LogP contribution is 2.29. The van der Waals surface area contributed by atoms with Gasteiger partial charge in [0, 0.05) is 23.5 Å². The van der Waals surface area contributed by atoms with Crippen LogP contribution in [0.15, 0.2) is 79.1 Å². The Bertz CT molecular complexity index is 1250. The lowest BCUT2D eigenvalue weighted by Crippen LogP contribution is -2.28. The molecule has 8 nitrogen and oxygen atoms in total. The maximum Gasteiger partial charge on any atom is 0.258 e. The number of tetrazole rings is 1. The molecule has 3 aromatic carbocycles. The van der Waals surface area contributed by atoms with Crippen molar-refractivity contribution in [2.75, 3.05) is 16.8 Å². The van der Waals surface area contributed by atoms with E-state index < -0.39 is 0 Å². The third-order valence-electron chi connectivity index (χ3n) is 5.27. The van der Waals surface area contributed by atoms with Crippen molar-refractivity contribution in [2.24, 2.45) is 0 Å². The number of fused-ring (bicyclic) bond motifs is 1. The number of carbonyl (C=O) groups excluding carboxylic acids is 2. The van der Waals surface area contributed by atoms with Crippen LogP contribution in [0.2, 0.25) is 0 Å². The summed E-state index contributed by atoms with van der Waals surface area (Å²) in [5, 5.41) is 14.0. The zero-order chi connectivity index (χ0) is 21.2. The number of aromatic nitrogens is 4. The molecule has 1 aliphatic rings. The van der Waals surface area contributed by atoms with Gasteiger partial charge >= 0.3 is 0 Å². The molecule has 0 atom stereocenters. The van der Waals surface area contributed by atoms with E-state index in [2.05, 4.69) is 26.9 Å². The van der Waals surface area contributed by atoms with Crippen molar-refractivity contribution in [3.8, 4) is 5.69 Å². The van der Waals surface area contributed by atoms with Gasteiger partial charge < -0.3 is 10.2 Å². The van der Waals surface area contributed by atoms with Gasteiger partial charge in [-0.15, -0.1) is 5.10 Å². The van der Waals surface area contributed by atoms with E-state index in [0.717, 1.165) is 12.1 Å². The van der Waals surface area contributed by atoms with Crippen molar-refractivity contribution in [1.82, 2.24) is 20.2 Å². The lowest BCUT2D eigenvalue weighted by Gasteiger charge is -2.17. The number of amides is 2. The molecule has 8 heteroatoms. The molecule has 1 aromatic heterocycles. The molecule has 4 aromatic rings. The van der Waals surface area contributed by atoms with Gasteiger partial charge in [0.1, 0.15) is 6.33 Å². The highest BCUT2D eigenvalue weighted by atomic mass is 16.2. The summed E-state index contributed by atoms with van der Waals surface area (Å²) in [5.74, 6) is -0.342. The molecule has 0 saturated heterocycles. The maximum atomic E-state index is 13.0. The van der Waals surface area contributed by atoms with Crippen molar-refractivity contribution >= 4 is 23.2 Å². The summed E-state index contributed by atoms with van der Waals surface area (Å²) in [6, 6.07) is 21.9. The van der Waals surface area contributed by atoms with Crippen LogP contribution >= 0.6 is 0 Å². The van der Waals surface area contributed by atoms with Crippen LogP contribution in [0.3, 0.4) is 0 Å². The number of para-hydroxylation sites is 2. The van der Waals surface area contributed by atoms with E-state index in [9.17, 15) is 9.59 Å². The second-order valence-electron chi connectivity index (χ2n) is 7.14. The number of hydrogen-bond donors (Lipinski definition) is 1. The molecule has 5 rings (SSSR count). The number of benzene rings is 3. The summed E-state index contributed by atoms with van der Waals surface area (Å²) >= 11 is 0. The van der Waals surface area contributed by atoms with Gasteiger partial charge in [0.15, 0.2) is 0 Å². The molecule has 0 fully saturated rings. The molecule has 2 amide bonds. The number of rotatable bonds is 4. The number of carbonyl (C=O) groups is 2. The molecule has 0 aliphatic carbocycles. The molecule has 31 heavy (non-hydrogen) atoms. The lowest BCUT2D eigenvalue weighted by atomic mass is 10.1. The average Bonchev–Trinajstić information content (AvgIpc) is 3.49. The Morgan fingerprint density at radius 3 is 2.39 bits per heavy atom. The fraction of sp³-hybridized carbons (Fsp3) is 0.0870. The lowest BCUT2D eigenvalue weighted by molar-refractivity contribution is 0.0988. The van der Waals surface area contributed by atoms with Crippen LogP contribution in [0.1, 0.15) is 26.3 Å². The SMILES string of the molecule is O=C(Nc1ccc(C(=O)N2CCc3ccccc32)cc1)c1ccccc1-n1cnnn1. The first-order valence-corrected chi connectivity index (χ1v) is 9.84. The summed E-state index contributed by atoms with van der Waals surface area (Å²) in [6.45, 7) is 0.671.